The largest absolute Gasteiger partial charge is 0.481 e. The molecule has 0 aliphatic rings. The standard InChI is InChI=1S/C15H18ClN3O5/c1-2-3-6-17-14(22)15(23)19-18-8-10-7-11(16)4-5-12(10)24-9-13(20)21/h4-5,7-8H,2-3,6,9H2,1H3,(H,17,22)(H,19,23)(H,20,21)/b18-8-. The van der Waals surface area contributed by atoms with Gasteiger partial charge in [-0.3, -0.25) is 9.59 Å². The van der Waals surface area contributed by atoms with E-state index in [1.807, 2.05) is 6.92 Å². The number of carboxylic acids is 1. The van der Waals surface area contributed by atoms with Gasteiger partial charge in [-0.25, -0.2) is 10.2 Å². The third-order valence-electron chi connectivity index (χ3n) is 2.71. The normalized spacial score (nSPS) is 10.4. The van der Waals surface area contributed by atoms with Crippen LogP contribution in [0.25, 0.3) is 0 Å². The average molecular weight is 356 g/mol. The van der Waals surface area contributed by atoms with Crippen molar-refractivity contribution in [3.8, 4) is 5.75 Å². The Balaban J connectivity index is 2.65. The molecule has 24 heavy (non-hydrogen) atoms. The molecular formula is C15H18ClN3O5. The number of hydrogen-bond donors (Lipinski definition) is 3. The Morgan fingerprint density at radius 3 is 2.75 bits per heavy atom. The highest BCUT2D eigenvalue weighted by atomic mass is 35.5. The molecule has 0 aromatic heterocycles. The maximum absolute atomic E-state index is 11.5. The predicted molar refractivity (Wildman–Crippen MR) is 88.2 cm³/mol. The smallest absolute Gasteiger partial charge is 0.341 e. The first kappa shape index (κ1) is 19.4. The van der Waals surface area contributed by atoms with Crippen molar-refractivity contribution in [2.24, 2.45) is 5.10 Å². The number of hydrazone groups is 1. The monoisotopic (exact) mass is 355 g/mol. The fraction of sp³-hybridized carbons (Fsp3) is 0.333. The molecule has 8 nitrogen and oxygen atoms in total. The van der Waals surface area contributed by atoms with Crippen LogP contribution in [0.15, 0.2) is 23.3 Å². The third-order valence-corrected chi connectivity index (χ3v) is 2.95. The molecule has 0 unspecified atom stereocenters. The second-order valence-corrected chi connectivity index (χ2v) is 5.11. The minimum absolute atomic E-state index is 0.229. The fourth-order valence-electron chi connectivity index (χ4n) is 1.56. The minimum Gasteiger partial charge on any atom is -0.481 e. The summed E-state index contributed by atoms with van der Waals surface area (Å²) in [5.74, 6) is -2.59. The number of carbonyl (C=O) groups excluding carboxylic acids is 2. The van der Waals surface area contributed by atoms with Crippen LogP contribution in [0.5, 0.6) is 5.75 Å². The Kier molecular flexibility index (Phi) is 8.28. The second-order valence-electron chi connectivity index (χ2n) is 4.67. The first-order chi connectivity index (χ1) is 11.4. The first-order valence-electron chi connectivity index (χ1n) is 7.19. The average Bonchev–Trinajstić information content (AvgIpc) is 2.53. The maximum Gasteiger partial charge on any atom is 0.341 e. The molecular weight excluding hydrogens is 338 g/mol. The highest BCUT2D eigenvalue weighted by Crippen LogP contribution is 2.21. The number of rotatable bonds is 8. The lowest BCUT2D eigenvalue weighted by Gasteiger charge is -2.07. The number of aliphatic carboxylic acids is 1. The summed E-state index contributed by atoms with van der Waals surface area (Å²) in [7, 11) is 0. The van der Waals surface area contributed by atoms with E-state index in [2.05, 4.69) is 15.8 Å². The lowest BCUT2D eigenvalue weighted by atomic mass is 10.2. The lowest BCUT2D eigenvalue weighted by molar-refractivity contribution is -0.139. The molecule has 0 heterocycles. The molecule has 9 heteroatoms. The summed E-state index contributed by atoms with van der Waals surface area (Å²) in [6, 6.07) is 4.48. The van der Waals surface area contributed by atoms with Crippen molar-refractivity contribution in [2.45, 2.75) is 19.8 Å². The number of amides is 2. The van der Waals surface area contributed by atoms with Crippen molar-refractivity contribution in [2.75, 3.05) is 13.2 Å². The summed E-state index contributed by atoms with van der Waals surface area (Å²) in [6.07, 6.45) is 2.88. The highest BCUT2D eigenvalue weighted by Gasteiger charge is 2.11. The molecule has 1 aromatic carbocycles. The number of halogens is 1. The number of ether oxygens (including phenoxy) is 1. The van der Waals surface area contributed by atoms with Gasteiger partial charge in [-0.05, 0) is 24.6 Å². The zero-order valence-corrected chi connectivity index (χ0v) is 13.8. The Labute approximate surface area is 143 Å². The zero-order chi connectivity index (χ0) is 17.9. The Bertz CT molecular complexity index is 634. The molecule has 130 valence electrons. The van der Waals surface area contributed by atoms with Gasteiger partial charge in [0.1, 0.15) is 5.75 Å². The zero-order valence-electron chi connectivity index (χ0n) is 13.0. The van der Waals surface area contributed by atoms with E-state index in [-0.39, 0.29) is 5.75 Å². The number of nitrogens with zero attached hydrogens (tertiary/aromatic N) is 1. The summed E-state index contributed by atoms with van der Waals surface area (Å²) in [4.78, 5) is 33.5. The Morgan fingerprint density at radius 2 is 2.08 bits per heavy atom. The van der Waals surface area contributed by atoms with Gasteiger partial charge in [0.15, 0.2) is 6.61 Å². The number of hydrogen-bond acceptors (Lipinski definition) is 5. The van der Waals surface area contributed by atoms with Gasteiger partial charge < -0.3 is 15.2 Å². The second kappa shape index (κ2) is 10.2. The van der Waals surface area contributed by atoms with E-state index in [9.17, 15) is 14.4 Å². The van der Waals surface area contributed by atoms with Crippen molar-refractivity contribution in [3.05, 3.63) is 28.8 Å². The van der Waals surface area contributed by atoms with Crippen LogP contribution in [0.1, 0.15) is 25.3 Å². The molecule has 0 radical (unpaired) electrons. The summed E-state index contributed by atoms with van der Waals surface area (Å²) in [6.45, 7) is 1.84. The third kappa shape index (κ3) is 7.10. The van der Waals surface area contributed by atoms with Crippen molar-refractivity contribution >= 4 is 35.6 Å². The molecule has 0 saturated heterocycles. The van der Waals surface area contributed by atoms with Crippen LogP contribution in [0.4, 0.5) is 0 Å². The van der Waals surface area contributed by atoms with Crippen LogP contribution in [0.3, 0.4) is 0 Å². The lowest BCUT2D eigenvalue weighted by Crippen LogP contribution is -2.38. The highest BCUT2D eigenvalue weighted by molar-refractivity contribution is 6.35. The van der Waals surface area contributed by atoms with E-state index in [4.69, 9.17) is 21.4 Å². The van der Waals surface area contributed by atoms with Crippen molar-refractivity contribution < 1.29 is 24.2 Å². The van der Waals surface area contributed by atoms with Crippen molar-refractivity contribution in [1.82, 2.24) is 10.7 Å². The number of carboxylic acid groups (broad SMARTS) is 1. The van der Waals surface area contributed by atoms with Gasteiger partial charge in [0, 0.05) is 17.1 Å². The first-order valence-corrected chi connectivity index (χ1v) is 7.57. The van der Waals surface area contributed by atoms with E-state index < -0.39 is 24.4 Å². The predicted octanol–water partition coefficient (Wildman–Crippen LogP) is 1.17. The number of benzene rings is 1. The van der Waals surface area contributed by atoms with Gasteiger partial charge in [0.2, 0.25) is 0 Å². The number of carbonyl (C=O) groups is 3. The minimum atomic E-state index is -1.13. The topological polar surface area (TPSA) is 117 Å². The summed E-state index contributed by atoms with van der Waals surface area (Å²) < 4.78 is 5.08. The Hall–Kier alpha value is -2.61. The summed E-state index contributed by atoms with van der Waals surface area (Å²) in [5, 5.41) is 15.1. The van der Waals surface area contributed by atoms with E-state index in [1.165, 1.54) is 24.4 Å². The molecule has 0 aliphatic heterocycles. The SMILES string of the molecule is CCCCNC(=O)C(=O)N/N=C\c1cc(Cl)ccc1OCC(=O)O. The van der Waals surface area contributed by atoms with Crippen LogP contribution in [0.2, 0.25) is 5.02 Å². The summed E-state index contributed by atoms with van der Waals surface area (Å²) >= 11 is 5.86. The molecule has 1 aromatic rings. The molecule has 0 spiro atoms. The Morgan fingerprint density at radius 1 is 1.33 bits per heavy atom. The van der Waals surface area contributed by atoms with Crippen LogP contribution >= 0.6 is 11.6 Å². The maximum atomic E-state index is 11.5. The molecule has 0 aliphatic carbocycles. The van der Waals surface area contributed by atoms with Crippen LogP contribution in [0, 0.1) is 0 Å². The summed E-state index contributed by atoms with van der Waals surface area (Å²) in [5.41, 5.74) is 2.43. The van der Waals surface area contributed by atoms with Crippen LogP contribution in [-0.2, 0) is 14.4 Å². The quantitative estimate of drug-likeness (QED) is 0.280. The number of unbranched alkanes of at least 4 members (excludes halogenated alkanes) is 1. The van der Waals surface area contributed by atoms with Gasteiger partial charge >= 0.3 is 17.8 Å². The molecule has 0 atom stereocenters. The molecule has 0 saturated carbocycles. The van der Waals surface area contributed by atoms with Gasteiger partial charge in [-0.15, -0.1) is 0 Å². The van der Waals surface area contributed by atoms with Gasteiger partial charge in [-0.2, -0.15) is 5.10 Å². The molecule has 1 rings (SSSR count). The van der Waals surface area contributed by atoms with Crippen molar-refractivity contribution in [3.63, 3.8) is 0 Å². The molecule has 2 amide bonds. The van der Waals surface area contributed by atoms with E-state index in [0.29, 0.717) is 17.1 Å². The van der Waals surface area contributed by atoms with E-state index >= 15 is 0 Å². The molecule has 0 bridgehead atoms. The number of nitrogens with one attached hydrogen (secondary N) is 2. The van der Waals surface area contributed by atoms with Crippen molar-refractivity contribution in [1.29, 1.82) is 0 Å². The van der Waals surface area contributed by atoms with Crippen LogP contribution < -0.4 is 15.5 Å². The van der Waals surface area contributed by atoms with E-state index in [1.54, 1.807) is 0 Å². The fourth-order valence-corrected chi connectivity index (χ4v) is 1.74. The van der Waals surface area contributed by atoms with Gasteiger partial charge in [0.25, 0.3) is 0 Å². The molecule has 0 fully saturated rings. The van der Waals surface area contributed by atoms with Gasteiger partial charge in [-0.1, -0.05) is 24.9 Å². The molecule has 3 N–H and O–H groups in total. The van der Waals surface area contributed by atoms with Gasteiger partial charge in [0.05, 0.1) is 6.21 Å². The van der Waals surface area contributed by atoms with Crippen LogP contribution in [-0.4, -0.2) is 42.3 Å². The van der Waals surface area contributed by atoms with E-state index in [0.717, 1.165) is 12.8 Å².